The number of hydrogen-bond donors (Lipinski definition) is 0. The van der Waals surface area contributed by atoms with Crippen molar-refractivity contribution >= 4 is 5.78 Å². The number of ketones is 1. The van der Waals surface area contributed by atoms with Gasteiger partial charge in [-0.05, 0) is 32.0 Å². The Balaban J connectivity index is 2.31. The number of nitrogens with zero attached hydrogens (tertiary/aromatic N) is 2. The predicted molar refractivity (Wildman–Crippen MR) is 68.9 cm³/mol. The second-order valence-electron chi connectivity index (χ2n) is 3.82. The summed E-state index contributed by atoms with van der Waals surface area (Å²) in [4.78, 5) is 12.3. The molecule has 1 aromatic heterocycles. The van der Waals surface area contributed by atoms with Gasteiger partial charge in [0.1, 0.15) is 11.4 Å². The third kappa shape index (κ3) is 2.42. The molecule has 0 aliphatic rings. The predicted octanol–water partition coefficient (Wildman–Crippen LogP) is 2.53. The lowest BCUT2D eigenvalue weighted by Crippen LogP contribution is -2.10. The maximum Gasteiger partial charge on any atom is 0.211 e. The van der Waals surface area contributed by atoms with Crippen LogP contribution in [0, 0.1) is 0 Å². The molecule has 0 amide bonds. The molecule has 1 heterocycles. The van der Waals surface area contributed by atoms with Crippen molar-refractivity contribution in [2.45, 2.75) is 20.4 Å². The third-order valence-electron chi connectivity index (χ3n) is 2.66. The zero-order chi connectivity index (χ0) is 13.0. The molecule has 0 saturated heterocycles. The monoisotopic (exact) mass is 244 g/mol. The van der Waals surface area contributed by atoms with Gasteiger partial charge >= 0.3 is 0 Å². The maximum absolute atomic E-state index is 12.3. The molecule has 0 radical (unpaired) electrons. The maximum atomic E-state index is 12.3. The van der Waals surface area contributed by atoms with Gasteiger partial charge in [0.15, 0.2) is 0 Å². The Bertz CT molecular complexity index is 546. The summed E-state index contributed by atoms with van der Waals surface area (Å²) in [6.07, 6.45) is 1.64. The van der Waals surface area contributed by atoms with Crippen LogP contribution in [-0.4, -0.2) is 22.2 Å². The molecule has 0 aliphatic carbocycles. The van der Waals surface area contributed by atoms with Gasteiger partial charge in [-0.15, -0.1) is 0 Å². The summed E-state index contributed by atoms with van der Waals surface area (Å²) in [5.41, 5.74) is 1.22. The number of carbonyl (C=O) groups excluding carboxylic acids is 1. The van der Waals surface area contributed by atoms with E-state index in [0.29, 0.717) is 30.2 Å². The Kier molecular flexibility index (Phi) is 3.77. The molecular formula is C14H16N2O2. The van der Waals surface area contributed by atoms with Crippen LogP contribution in [-0.2, 0) is 6.54 Å². The highest BCUT2D eigenvalue weighted by Crippen LogP contribution is 2.16. The summed E-state index contributed by atoms with van der Waals surface area (Å²) in [5.74, 6) is 0.682. The van der Waals surface area contributed by atoms with Gasteiger partial charge in [0, 0.05) is 18.3 Å². The lowest BCUT2D eigenvalue weighted by Gasteiger charge is -2.06. The zero-order valence-corrected chi connectivity index (χ0v) is 10.6. The van der Waals surface area contributed by atoms with E-state index in [1.54, 1.807) is 29.1 Å². The van der Waals surface area contributed by atoms with E-state index in [0.717, 1.165) is 0 Å². The summed E-state index contributed by atoms with van der Waals surface area (Å²) >= 11 is 0. The first-order chi connectivity index (χ1) is 8.76. The third-order valence-corrected chi connectivity index (χ3v) is 2.66. The van der Waals surface area contributed by atoms with E-state index in [1.165, 1.54) is 0 Å². The average Bonchev–Trinajstić information content (AvgIpc) is 2.87. The van der Waals surface area contributed by atoms with Crippen LogP contribution in [0.3, 0.4) is 0 Å². The van der Waals surface area contributed by atoms with Crippen molar-refractivity contribution in [2.24, 2.45) is 0 Å². The van der Waals surface area contributed by atoms with Gasteiger partial charge in [0.2, 0.25) is 5.78 Å². The summed E-state index contributed by atoms with van der Waals surface area (Å²) < 4.78 is 7.09. The standard InChI is InChI=1S/C14H16N2O2/c1-3-16-13(8-9-15-16)14(17)11-6-5-7-12(10-11)18-4-2/h5-10H,3-4H2,1-2H3. The summed E-state index contributed by atoms with van der Waals surface area (Å²) in [7, 11) is 0. The van der Waals surface area contributed by atoms with Gasteiger partial charge in [0.05, 0.1) is 6.61 Å². The van der Waals surface area contributed by atoms with Crippen molar-refractivity contribution in [3.8, 4) is 5.75 Å². The minimum atomic E-state index is -0.0316. The Morgan fingerprint density at radius 3 is 2.89 bits per heavy atom. The number of hydrogen-bond acceptors (Lipinski definition) is 3. The van der Waals surface area contributed by atoms with Crippen LogP contribution in [0.25, 0.3) is 0 Å². The molecule has 1 aromatic carbocycles. The number of carbonyl (C=O) groups is 1. The van der Waals surface area contributed by atoms with E-state index < -0.39 is 0 Å². The Hall–Kier alpha value is -2.10. The summed E-state index contributed by atoms with van der Waals surface area (Å²) in [5, 5.41) is 4.10. The highest BCUT2D eigenvalue weighted by Gasteiger charge is 2.14. The van der Waals surface area contributed by atoms with Crippen LogP contribution in [0.2, 0.25) is 0 Å². The molecule has 0 unspecified atom stereocenters. The van der Waals surface area contributed by atoms with E-state index >= 15 is 0 Å². The Labute approximate surface area is 106 Å². The Morgan fingerprint density at radius 1 is 1.33 bits per heavy atom. The van der Waals surface area contributed by atoms with Crippen molar-refractivity contribution in [1.29, 1.82) is 0 Å². The highest BCUT2D eigenvalue weighted by molar-refractivity contribution is 6.08. The quantitative estimate of drug-likeness (QED) is 0.759. The molecule has 0 fully saturated rings. The molecule has 18 heavy (non-hydrogen) atoms. The second-order valence-corrected chi connectivity index (χ2v) is 3.82. The molecule has 94 valence electrons. The van der Waals surface area contributed by atoms with Gasteiger partial charge in [-0.25, -0.2) is 0 Å². The van der Waals surface area contributed by atoms with Crippen molar-refractivity contribution in [1.82, 2.24) is 9.78 Å². The van der Waals surface area contributed by atoms with Crippen molar-refractivity contribution in [2.75, 3.05) is 6.61 Å². The molecular weight excluding hydrogens is 228 g/mol. The van der Waals surface area contributed by atoms with E-state index in [-0.39, 0.29) is 5.78 Å². The normalized spacial score (nSPS) is 10.3. The molecule has 2 aromatic rings. The molecule has 4 nitrogen and oxygen atoms in total. The van der Waals surface area contributed by atoms with Crippen molar-refractivity contribution < 1.29 is 9.53 Å². The Morgan fingerprint density at radius 2 is 2.17 bits per heavy atom. The largest absolute Gasteiger partial charge is 0.494 e. The molecule has 0 aliphatic heterocycles. The molecule has 0 saturated carbocycles. The van der Waals surface area contributed by atoms with E-state index in [4.69, 9.17) is 4.74 Å². The highest BCUT2D eigenvalue weighted by atomic mass is 16.5. The lowest BCUT2D eigenvalue weighted by atomic mass is 10.1. The number of benzene rings is 1. The van der Waals surface area contributed by atoms with Crippen LogP contribution in [0.5, 0.6) is 5.75 Å². The van der Waals surface area contributed by atoms with E-state index in [1.807, 2.05) is 26.0 Å². The van der Waals surface area contributed by atoms with Gasteiger partial charge in [-0.1, -0.05) is 12.1 Å². The van der Waals surface area contributed by atoms with Crippen LogP contribution in [0.4, 0.5) is 0 Å². The fourth-order valence-corrected chi connectivity index (χ4v) is 1.82. The molecule has 4 heteroatoms. The lowest BCUT2D eigenvalue weighted by molar-refractivity contribution is 0.102. The SMILES string of the molecule is CCOc1cccc(C(=O)c2ccnn2CC)c1. The van der Waals surface area contributed by atoms with Gasteiger partial charge in [-0.3, -0.25) is 9.48 Å². The topological polar surface area (TPSA) is 44.1 Å². The van der Waals surface area contributed by atoms with E-state index in [2.05, 4.69) is 5.10 Å². The number of ether oxygens (including phenoxy) is 1. The first-order valence-electron chi connectivity index (χ1n) is 6.05. The minimum Gasteiger partial charge on any atom is -0.494 e. The number of aryl methyl sites for hydroxylation is 1. The zero-order valence-electron chi connectivity index (χ0n) is 10.6. The molecule has 0 spiro atoms. The van der Waals surface area contributed by atoms with Crippen LogP contribution < -0.4 is 4.74 Å². The molecule has 2 rings (SSSR count). The minimum absolute atomic E-state index is 0.0316. The van der Waals surface area contributed by atoms with Crippen molar-refractivity contribution in [3.63, 3.8) is 0 Å². The van der Waals surface area contributed by atoms with Crippen LogP contribution in [0.1, 0.15) is 29.9 Å². The molecule has 0 atom stereocenters. The summed E-state index contributed by atoms with van der Waals surface area (Å²) in [6.45, 7) is 5.14. The smallest absolute Gasteiger partial charge is 0.211 e. The second kappa shape index (κ2) is 5.49. The first kappa shape index (κ1) is 12.4. The van der Waals surface area contributed by atoms with Gasteiger partial charge in [0.25, 0.3) is 0 Å². The molecule has 0 bridgehead atoms. The number of rotatable bonds is 5. The van der Waals surface area contributed by atoms with Crippen molar-refractivity contribution in [3.05, 3.63) is 47.8 Å². The van der Waals surface area contributed by atoms with Gasteiger partial charge in [-0.2, -0.15) is 5.10 Å². The van der Waals surface area contributed by atoms with Crippen LogP contribution in [0.15, 0.2) is 36.5 Å². The fraction of sp³-hybridized carbons (Fsp3) is 0.286. The molecule has 0 N–H and O–H groups in total. The number of aromatic nitrogens is 2. The fourth-order valence-electron chi connectivity index (χ4n) is 1.82. The summed E-state index contributed by atoms with van der Waals surface area (Å²) in [6, 6.07) is 8.96. The first-order valence-corrected chi connectivity index (χ1v) is 6.05. The van der Waals surface area contributed by atoms with Crippen LogP contribution >= 0.6 is 0 Å². The van der Waals surface area contributed by atoms with Gasteiger partial charge < -0.3 is 4.74 Å². The van der Waals surface area contributed by atoms with E-state index in [9.17, 15) is 4.79 Å². The average molecular weight is 244 g/mol.